The number of carbonyl (C=O) groups is 1. The number of thiophene rings is 1. The van der Waals surface area contributed by atoms with Crippen LogP contribution in [-0.4, -0.2) is 6.29 Å². The van der Waals surface area contributed by atoms with Crippen LogP contribution in [0.3, 0.4) is 0 Å². The van der Waals surface area contributed by atoms with Gasteiger partial charge in [0.1, 0.15) is 11.5 Å². The van der Waals surface area contributed by atoms with Gasteiger partial charge in [-0.25, -0.2) is 0 Å². The molecule has 0 unspecified atom stereocenters. The van der Waals surface area contributed by atoms with Gasteiger partial charge in [0.25, 0.3) is 0 Å². The Morgan fingerprint density at radius 3 is 2.53 bits per heavy atom. The van der Waals surface area contributed by atoms with Gasteiger partial charge in [-0.05, 0) is 18.4 Å². The van der Waals surface area contributed by atoms with Crippen LogP contribution in [0.1, 0.15) is 41.6 Å². The highest BCUT2D eigenvalue weighted by Crippen LogP contribution is 2.35. The average Bonchev–Trinajstić information content (AvgIpc) is 2.78. The Kier molecular flexibility index (Phi) is 3.76. The molecule has 0 aliphatic carbocycles. The molecule has 0 fully saturated rings. The van der Waals surface area contributed by atoms with Crippen molar-refractivity contribution >= 4 is 17.6 Å². The Morgan fingerprint density at radius 1 is 1.21 bits per heavy atom. The SMILES string of the molecule is Cc1ccc(Oc2csc(C=O)c2)c(C(C)(C)C)c1. The first kappa shape index (κ1) is 13.8. The highest BCUT2D eigenvalue weighted by Gasteiger charge is 2.19. The van der Waals surface area contributed by atoms with E-state index in [0.717, 1.165) is 17.8 Å². The molecule has 1 heterocycles. The Bertz CT molecular complexity index is 591. The molecule has 0 aliphatic rings. The normalized spacial score (nSPS) is 11.4. The highest BCUT2D eigenvalue weighted by atomic mass is 32.1. The maximum atomic E-state index is 10.7. The molecule has 0 radical (unpaired) electrons. The van der Waals surface area contributed by atoms with E-state index >= 15 is 0 Å². The minimum absolute atomic E-state index is 0.0187. The zero-order valence-corrected chi connectivity index (χ0v) is 12.5. The van der Waals surface area contributed by atoms with Crippen LogP contribution >= 0.6 is 11.3 Å². The van der Waals surface area contributed by atoms with E-state index in [4.69, 9.17) is 4.74 Å². The number of rotatable bonds is 3. The van der Waals surface area contributed by atoms with Crippen LogP contribution < -0.4 is 4.74 Å². The van der Waals surface area contributed by atoms with E-state index < -0.39 is 0 Å². The maximum Gasteiger partial charge on any atom is 0.160 e. The second-order valence-electron chi connectivity index (χ2n) is 5.65. The minimum Gasteiger partial charge on any atom is -0.456 e. The lowest BCUT2D eigenvalue weighted by atomic mass is 9.85. The summed E-state index contributed by atoms with van der Waals surface area (Å²) in [6.07, 6.45) is 0.845. The number of ether oxygens (including phenoxy) is 1. The Balaban J connectivity index is 2.36. The zero-order valence-electron chi connectivity index (χ0n) is 11.7. The summed E-state index contributed by atoms with van der Waals surface area (Å²) >= 11 is 1.39. The summed E-state index contributed by atoms with van der Waals surface area (Å²) in [5.74, 6) is 1.58. The van der Waals surface area contributed by atoms with Gasteiger partial charge in [-0.15, -0.1) is 11.3 Å². The van der Waals surface area contributed by atoms with Gasteiger partial charge in [-0.3, -0.25) is 4.79 Å². The lowest BCUT2D eigenvalue weighted by Gasteiger charge is -2.23. The molecule has 3 heteroatoms. The molecule has 2 nitrogen and oxygen atoms in total. The standard InChI is InChI=1S/C16H18O2S/c1-11-5-6-15(14(7-11)16(2,3)4)18-12-8-13(9-17)19-10-12/h5-10H,1-4H3. The third-order valence-electron chi connectivity index (χ3n) is 2.88. The van der Waals surface area contributed by atoms with E-state index in [9.17, 15) is 4.79 Å². The molecule has 0 bridgehead atoms. The van der Waals surface area contributed by atoms with E-state index in [1.54, 1.807) is 6.07 Å². The summed E-state index contributed by atoms with van der Waals surface area (Å²) in [4.78, 5) is 11.4. The number of benzene rings is 1. The largest absolute Gasteiger partial charge is 0.456 e. The molecule has 0 aliphatic heterocycles. The molecule has 0 N–H and O–H groups in total. The van der Waals surface area contributed by atoms with Gasteiger partial charge in [-0.2, -0.15) is 0 Å². The molecule has 0 amide bonds. The topological polar surface area (TPSA) is 26.3 Å². The molecule has 1 aromatic carbocycles. The fraction of sp³-hybridized carbons (Fsp3) is 0.312. The van der Waals surface area contributed by atoms with Crippen LogP contribution in [0.15, 0.2) is 29.6 Å². The molecule has 0 saturated carbocycles. The predicted octanol–water partition coefficient (Wildman–Crippen LogP) is 4.96. The molecule has 19 heavy (non-hydrogen) atoms. The van der Waals surface area contributed by atoms with E-state index in [2.05, 4.69) is 33.8 Å². The van der Waals surface area contributed by atoms with Crippen LogP contribution in [0, 0.1) is 6.92 Å². The van der Waals surface area contributed by atoms with Gasteiger partial charge in [0.15, 0.2) is 6.29 Å². The molecule has 1 aromatic heterocycles. The first-order chi connectivity index (χ1) is 8.90. The summed E-state index contributed by atoms with van der Waals surface area (Å²) < 4.78 is 5.93. The van der Waals surface area contributed by atoms with Crippen molar-refractivity contribution in [3.05, 3.63) is 45.6 Å². The summed E-state index contributed by atoms with van der Waals surface area (Å²) in [7, 11) is 0. The van der Waals surface area contributed by atoms with Crippen LogP contribution in [0.2, 0.25) is 0 Å². The van der Waals surface area contributed by atoms with Gasteiger partial charge < -0.3 is 4.74 Å². The Hall–Kier alpha value is -1.61. The van der Waals surface area contributed by atoms with Gasteiger partial charge in [0.05, 0.1) is 4.88 Å². The first-order valence-electron chi connectivity index (χ1n) is 6.23. The minimum atomic E-state index is 0.0187. The smallest absolute Gasteiger partial charge is 0.160 e. The molecule has 0 spiro atoms. The van der Waals surface area contributed by atoms with E-state index in [0.29, 0.717) is 4.88 Å². The molecular weight excluding hydrogens is 256 g/mol. The number of hydrogen-bond acceptors (Lipinski definition) is 3. The molecule has 2 rings (SSSR count). The number of aryl methyl sites for hydroxylation is 1. The monoisotopic (exact) mass is 274 g/mol. The molecule has 0 atom stereocenters. The summed E-state index contributed by atoms with van der Waals surface area (Å²) in [6, 6.07) is 7.96. The number of hydrogen-bond donors (Lipinski definition) is 0. The van der Waals surface area contributed by atoms with Gasteiger partial charge in [0.2, 0.25) is 0 Å². The van der Waals surface area contributed by atoms with Crippen molar-refractivity contribution in [1.29, 1.82) is 0 Å². The molecule has 100 valence electrons. The van der Waals surface area contributed by atoms with Crippen LogP contribution in [-0.2, 0) is 5.41 Å². The van der Waals surface area contributed by atoms with Gasteiger partial charge >= 0.3 is 0 Å². The number of aldehydes is 1. The highest BCUT2D eigenvalue weighted by molar-refractivity contribution is 7.11. The van der Waals surface area contributed by atoms with Crippen molar-refractivity contribution < 1.29 is 9.53 Å². The van der Waals surface area contributed by atoms with Crippen molar-refractivity contribution in [1.82, 2.24) is 0 Å². The van der Waals surface area contributed by atoms with E-state index in [1.165, 1.54) is 22.5 Å². The third kappa shape index (κ3) is 3.24. The lowest BCUT2D eigenvalue weighted by Crippen LogP contribution is -2.12. The van der Waals surface area contributed by atoms with Crippen molar-refractivity contribution in [2.45, 2.75) is 33.1 Å². The molecular formula is C16H18O2S. The molecule has 0 saturated heterocycles. The van der Waals surface area contributed by atoms with Crippen molar-refractivity contribution in [3.63, 3.8) is 0 Å². The van der Waals surface area contributed by atoms with Crippen LogP contribution in [0.5, 0.6) is 11.5 Å². The van der Waals surface area contributed by atoms with Crippen LogP contribution in [0.25, 0.3) is 0 Å². The average molecular weight is 274 g/mol. The van der Waals surface area contributed by atoms with Crippen molar-refractivity contribution in [2.75, 3.05) is 0 Å². The van der Waals surface area contributed by atoms with E-state index in [-0.39, 0.29) is 5.41 Å². The van der Waals surface area contributed by atoms with Crippen molar-refractivity contribution in [3.8, 4) is 11.5 Å². The maximum absolute atomic E-state index is 10.7. The van der Waals surface area contributed by atoms with Crippen molar-refractivity contribution in [2.24, 2.45) is 0 Å². The third-order valence-corrected chi connectivity index (χ3v) is 3.72. The fourth-order valence-electron chi connectivity index (χ4n) is 1.90. The Morgan fingerprint density at radius 2 is 1.95 bits per heavy atom. The number of carbonyl (C=O) groups excluding carboxylic acids is 1. The summed E-state index contributed by atoms with van der Waals surface area (Å²) in [5, 5.41) is 1.86. The Labute approximate surface area is 118 Å². The zero-order chi connectivity index (χ0) is 14.0. The fourth-order valence-corrected chi connectivity index (χ4v) is 2.50. The molecule has 2 aromatic rings. The summed E-state index contributed by atoms with van der Waals surface area (Å²) in [5.41, 5.74) is 2.41. The quantitative estimate of drug-likeness (QED) is 0.739. The summed E-state index contributed by atoms with van der Waals surface area (Å²) in [6.45, 7) is 8.57. The first-order valence-corrected chi connectivity index (χ1v) is 7.11. The van der Waals surface area contributed by atoms with Gasteiger partial charge in [-0.1, -0.05) is 38.5 Å². The second-order valence-corrected chi connectivity index (χ2v) is 6.60. The predicted molar refractivity (Wildman–Crippen MR) is 79.7 cm³/mol. The van der Waals surface area contributed by atoms with E-state index in [1.807, 2.05) is 17.5 Å². The lowest BCUT2D eigenvalue weighted by molar-refractivity contribution is 0.112. The second kappa shape index (κ2) is 5.17. The van der Waals surface area contributed by atoms with Crippen LogP contribution in [0.4, 0.5) is 0 Å². The van der Waals surface area contributed by atoms with Gasteiger partial charge in [0, 0.05) is 17.0 Å².